The normalized spacial score (nSPS) is 10.2. The molecule has 2 aromatic rings. The summed E-state index contributed by atoms with van der Waals surface area (Å²) in [5, 5.41) is 12.3. The lowest BCUT2D eigenvalue weighted by atomic mass is 10.2. The van der Waals surface area contributed by atoms with Crippen LogP contribution in [0.25, 0.3) is 0 Å². The standard InChI is InChI=1S/C14H13BrN2O3/c1-8-3-13(12(7-16-8)14(18)19)17-10-4-9(15)5-11(6-10)20-2/h3-7H,1-2H3,(H,16,17)(H,18,19). The van der Waals surface area contributed by atoms with Crippen LogP contribution in [0, 0.1) is 6.92 Å². The number of benzene rings is 1. The maximum atomic E-state index is 11.2. The van der Waals surface area contributed by atoms with Crippen LogP contribution in [0.5, 0.6) is 5.75 Å². The van der Waals surface area contributed by atoms with Crippen molar-refractivity contribution in [2.75, 3.05) is 12.4 Å². The van der Waals surface area contributed by atoms with Gasteiger partial charge in [-0.15, -0.1) is 0 Å². The summed E-state index contributed by atoms with van der Waals surface area (Å²) in [5.74, 6) is -0.355. The van der Waals surface area contributed by atoms with Gasteiger partial charge in [0.1, 0.15) is 11.3 Å². The monoisotopic (exact) mass is 336 g/mol. The zero-order chi connectivity index (χ0) is 14.7. The molecular weight excluding hydrogens is 324 g/mol. The number of aryl methyl sites for hydroxylation is 1. The molecular formula is C14H13BrN2O3. The zero-order valence-corrected chi connectivity index (χ0v) is 12.6. The number of carbonyl (C=O) groups is 1. The Kier molecular flexibility index (Phi) is 4.24. The maximum absolute atomic E-state index is 11.2. The molecule has 104 valence electrons. The molecule has 0 fully saturated rings. The van der Waals surface area contributed by atoms with E-state index in [1.165, 1.54) is 6.20 Å². The fraction of sp³-hybridized carbons (Fsp3) is 0.143. The molecule has 5 nitrogen and oxygen atoms in total. The summed E-state index contributed by atoms with van der Waals surface area (Å²) in [4.78, 5) is 15.2. The molecule has 0 atom stereocenters. The minimum Gasteiger partial charge on any atom is -0.497 e. The summed E-state index contributed by atoms with van der Waals surface area (Å²) in [5.41, 5.74) is 2.07. The number of halogens is 1. The Labute approximate surface area is 124 Å². The molecule has 0 spiro atoms. The van der Waals surface area contributed by atoms with Gasteiger partial charge in [-0.2, -0.15) is 0 Å². The lowest BCUT2D eigenvalue weighted by Crippen LogP contribution is -2.04. The summed E-state index contributed by atoms with van der Waals surface area (Å²) in [6, 6.07) is 7.13. The molecule has 6 heteroatoms. The van der Waals surface area contributed by atoms with Crippen molar-refractivity contribution in [2.24, 2.45) is 0 Å². The first-order valence-electron chi connectivity index (χ1n) is 5.81. The Balaban J connectivity index is 2.41. The number of carboxylic acids is 1. The topological polar surface area (TPSA) is 71.5 Å². The minimum atomic E-state index is -1.03. The van der Waals surface area contributed by atoms with E-state index in [1.807, 2.05) is 12.1 Å². The number of aromatic carboxylic acids is 1. The van der Waals surface area contributed by atoms with Crippen molar-refractivity contribution in [3.8, 4) is 5.75 Å². The number of nitrogens with one attached hydrogen (secondary N) is 1. The molecule has 20 heavy (non-hydrogen) atoms. The fourth-order valence-electron chi connectivity index (χ4n) is 1.74. The molecule has 1 heterocycles. The summed E-state index contributed by atoms with van der Waals surface area (Å²) in [7, 11) is 1.57. The second-order valence-electron chi connectivity index (χ2n) is 4.18. The molecule has 0 aliphatic rings. The predicted molar refractivity (Wildman–Crippen MR) is 79.9 cm³/mol. The summed E-state index contributed by atoms with van der Waals surface area (Å²) < 4.78 is 6.01. The Hall–Kier alpha value is -2.08. The van der Waals surface area contributed by atoms with Gasteiger partial charge in [0.2, 0.25) is 0 Å². The minimum absolute atomic E-state index is 0.120. The number of aromatic nitrogens is 1. The smallest absolute Gasteiger partial charge is 0.339 e. The van der Waals surface area contributed by atoms with E-state index < -0.39 is 5.97 Å². The Morgan fingerprint density at radius 3 is 2.75 bits per heavy atom. The second kappa shape index (κ2) is 5.92. The third-order valence-electron chi connectivity index (χ3n) is 2.66. The van der Waals surface area contributed by atoms with E-state index in [0.29, 0.717) is 11.4 Å². The van der Waals surface area contributed by atoms with Crippen LogP contribution in [0.15, 0.2) is 34.9 Å². The van der Waals surface area contributed by atoms with Crippen molar-refractivity contribution in [1.82, 2.24) is 4.98 Å². The van der Waals surface area contributed by atoms with E-state index in [-0.39, 0.29) is 5.56 Å². The number of carboxylic acid groups (broad SMARTS) is 1. The largest absolute Gasteiger partial charge is 0.497 e. The van der Waals surface area contributed by atoms with Crippen LogP contribution in [0.1, 0.15) is 16.1 Å². The van der Waals surface area contributed by atoms with Gasteiger partial charge in [0.05, 0.1) is 12.8 Å². The summed E-state index contributed by atoms with van der Waals surface area (Å²) >= 11 is 3.38. The van der Waals surface area contributed by atoms with Gasteiger partial charge in [-0.25, -0.2) is 4.79 Å². The van der Waals surface area contributed by atoms with Crippen LogP contribution in [-0.2, 0) is 0 Å². The van der Waals surface area contributed by atoms with E-state index in [4.69, 9.17) is 4.74 Å². The number of ether oxygens (including phenoxy) is 1. The van der Waals surface area contributed by atoms with Crippen molar-refractivity contribution in [2.45, 2.75) is 6.92 Å². The van der Waals surface area contributed by atoms with Gasteiger partial charge in [0, 0.05) is 28.1 Å². The molecule has 1 aromatic carbocycles. The van der Waals surface area contributed by atoms with Crippen molar-refractivity contribution in [3.05, 3.63) is 46.2 Å². The third-order valence-corrected chi connectivity index (χ3v) is 3.11. The number of methoxy groups -OCH3 is 1. The van der Waals surface area contributed by atoms with E-state index >= 15 is 0 Å². The lowest BCUT2D eigenvalue weighted by Gasteiger charge is -2.12. The number of nitrogens with zero attached hydrogens (tertiary/aromatic N) is 1. The molecule has 2 N–H and O–H groups in total. The van der Waals surface area contributed by atoms with E-state index in [1.54, 1.807) is 26.2 Å². The molecule has 0 saturated carbocycles. The molecule has 0 saturated heterocycles. The maximum Gasteiger partial charge on any atom is 0.339 e. The highest BCUT2D eigenvalue weighted by atomic mass is 79.9. The van der Waals surface area contributed by atoms with Crippen molar-refractivity contribution < 1.29 is 14.6 Å². The predicted octanol–water partition coefficient (Wildman–Crippen LogP) is 3.60. The molecule has 0 unspecified atom stereocenters. The quantitative estimate of drug-likeness (QED) is 0.892. The summed E-state index contributed by atoms with van der Waals surface area (Å²) in [6.45, 7) is 1.80. The molecule has 0 radical (unpaired) electrons. The molecule has 1 aromatic heterocycles. The van der Waals surface area contributed by atoms with Crippen LogP contribution < -0.4 is 10.1 Å². The van der Waals surface area contributed by atoms with Crippen LogP contribution in [0.4, 0.5) is 11.4 Å². The van der Waals surface area contributed by atoms with Crippen LogP contribution >= 0.6 is 15.9 Å². The SMILES string of the molecule is COc1cc(Br)cc(Nc2cc(C)ncc2C(=O)O)c1. The number of rotatable bonds is 4. The molecule has 2 rings (SSSR count). The molecule has 0 amide bonds. The number of hydrogen-bond acceptors (Lipinski definition) is 4. The average molecular weight is 337 g/mol. The van der Waals surface area contributed by atoms with Gasteiger partial charge in [0.25, 0.3) is 0 Å². The fourth-order valence-corrected chi connectivity index (χ4v) is 2.21. The number of anilines is 2. The molecule has 0 bridgehead atoms. The van der Waals surface area contributed by atoms with E-state index in [2.05, 4.69) is 26.2 Å². The highest BCUT2D eigenvalue weighted by Gasteiger charge is 2.11. The number of pyridine rings is 1. The van der Waals surface area contributed by atoms with E-state index in [9.17, 15) is 9.90 Å². The van der Waals surface area contributed by atoms with Gasteiger partial charge in [-0.05, 0) is 25.1 Å². The van der Waals surface area contributed by atoms with Crippen molar-refractivity contribution >= 4 is 33.3 Å². The molecule has 0 aliphatic carbocycles. The van der Waals surface area contributed by atoms with Crippen molar-refractivity contribution in [1.29, 1.82) is 0 Å². The van der Waals surface area contributed by atoms with Crippen molar-refractivity contribution in [3.63, 3.8) is 0 Å². The lowest BCUT2D eigenvalue weighted by molar-refractivity contribution is 0.0697. The second-order valence-corrected chi connectivity index (χ2v) is 5.10. The van der Waals surface area contributed by atoms with Gasteiger partial charge in [0.15, 0.2) is 0 Å². The number of hydrogen-bond donors (Lipinski definition) is 2. The third kappa shape index (κ3) is 3.27. The van der Waals surface area contributed by atoms with Gasteiger partial charge in [-0.3, -0.25) is 4.98 Å². The summed E-state index contributed by atoms with van der Waals surface area (Å²) in [6.07, 6.45) is 1.34. The molecule has 0 aliphatic heterocycles. The first-order valence-corrected chi connectivity index (χ1v) is 6.60. The zero-order valence-electron chi connectivity index (χ0n) is 11.0. The highest BCUT2D eigenvalue weighted by molar-refractivity contribution is 9.10. The van der Waals surface area contributed by atoms with Gasteiger partial charge in [-0.1, -0.05) is 15.9 Å². The Bertz CT molecular complexity index is 659. The van der Waals surface area contributed by atoms with E-state index in [0.717, 1.165) is 15.9 Å². The van der Waals surface area contributed by atoms with Gasteiger partial charge >= 0.3 is 5.97 Å². The van der Waals surface area contributed by atoms with Gasteiger partial charge < -0.3 is 15.2 Å². The van der Waals surface area contributed by atoms with Crippen LogP contribution in [0.3, 0.4) is 0 Å². The average Bonchev–Trinajstić information content (AvgIpc) is 2.37. The first-order chi connectivity index (χ1) is 9.49. The Morgan fingerprint density at radius 2 is 2.10 bits per heavy atom. The first kappa shape index (κ1) is 14.3. The van der Waals surface area contributed by atoms with Crippen LogP contribution in [-0.4, -0.2) is 23.2 Å². The highest BCUT2D eigenvalue weighted by Crippen LogP contribution is 2.28. The Morgan fingerprint density at radius 1 is 1.35 bits per heavy atom. The van der Waals surface area contributed by atoms with Crippen LogP contribution in [0.2, 0.25) is 0 Å².